The van der Waals surface area contributed by atoms with Gasteiger partial charge in [-0.2, -0.15) is 0 Å². The molecule has 0 radical (unpaired) electrons. The predicted molar refractivity (Wildman–Crippen MR) is 135 cm³/mol. The van der Waals surface area contributed by atoms with Crippen molar-refractivity contribution in [3.05, 3.63) is 83.8 Å². The third kappa shape index (κ3) is 3.79. The molecule has 172 valence electrons. The van der Waals surface area contributed by atoms with Crippen LogP contribution >= 0.6 is 0 Å². The summed E-state index contributed by atoms with van der Waals surface area (Å²) in [6, 6.07) is 20.9. The third-order valence-electron chi connectivity index (χ3n) is 7.58. The van der Waals surface area contributed by atoms with E-state index in [1.54, 1.807) is 0 Å². The first-order valence-corrected chi connectivity index (χ1v) is 12.5. The first-order chi connectivity index (χ1) is 16.7. The highest BCUT2D eigenvalue weighted by molar-refractivity contribution is 5.94. The minimum atomic E-state index is 0.127. The molecule has 1 aliphatic heterocycles. The summed E-state index contributed by atoms with van der Waals surface area (Å²) in [6.07, 6.45) is 7.48. The third-order valence-corrected chi connectivity index (χ3v) is 7.58. The standard InChI is InChI=1S/C29H30N4O/c1-20-7-9-21(10-8-20)22-11-13-24(14-12-22)29(34)32-18-15-25(16-19-32)33-27(23-4-2-5-23)31-26-6-3-17-30-28(26)33/h3,6-14,17,23,25H,2,4-5,15-16,18-19H2,1H3. The molecule has 34 heavy (non-hydrogen) atoms. The van der Waals surface area contributed by atoms with E-state index in [4.69, 9.17) is 4.98 Å². The number of likely N-dealkylation sites (tertiary alicyclic amines) is 1. The molecule has 1 aliphatic carbocycles. The van der Waals surface area contributed by atoms with Gasteiger partial charge in [0.15, 0.2) is 5.65 Å². The molecule has 0 unspecified atom stereocenters. The summed E-state index contributed by atoms with van der Waals surface area (Å²) in [4.78, 5) is 24.9. The predicted octanol–water partition coefficient (Wildman–Crippen LogP) is 6.15. The number of nitrogens with zero attached hydrogens (tertiary/aromatic N) is 4. The van der Waals surface area contributed by atoms with Crippen LogP contribution in [0.15, 0.2) is 66.9 Å². The zero-order chi connectivity index (χ0) is 23.1. The molecule has 0 bridgehead atoms. The second-order valence-corrected chi connectivity index (χ2v) is 9.78. The highest BCUT2D eigenvalue weighted by Crippen LogP contribution is 2.40. The van der Waals surface area contributed by atoms with Crippen LogP contribution in [0.4, 0.5) is 0 Å². The lowest BCUT2D eigenvalue weighted by Crippen LogP contribution is -2.39. The molecule has 0 N–H and O–H groups in total. The number of carbonyl (C=O) groups is 1. The van der Waals surface area contributed by atoms with E-state index in [9.17, 15) is 4.79 Å². The van der Waals surface area contributed by atoms with Gasteiger partial charge in [-0.1, -0.05) is 48.4 Å². The van der Waals surface area contributed by atoms with Crippen LogP contribution in [0.1, 0.15) is 65.8 Å². The molecule has 2 aromatic heterocycles. The molecule has 3 heterocycles. The summed E-state index contributed by atoms with van der Waals surface area (Å²) in [5.74, 6) is 1.89. The number of aromatic nitrogens is 3. The fourth-order valence-electron chi connectivity index (χ4n) is 5.32. The Labute approximate surface area is 200 Å². The first-order valence-electron chi connectivity index (χ1n) is 12.5. The SMILES string of the molecule is Cc1ccc(-c2ccc(C(=O)N3CCC(n4c(C5CCC5)nc5cccnc54)CC3)cc2)cc1. The lowest BCUT2D eigenvalue weighted by atomic mass is 9.84. The Balaban J connectivity index is 1.17. The van der Waals surface area contributed by atoms with Gasteiger partial charge in [-0.25, -0.2) is 9.97 Å². The van der Waals surface area contributed by atoms with Crippen molar-refractivity contribution in [3.63, 3.8) is 0 Å². The van der Waals surface area contributed by atoms with Crippen molar-refractivity contribution in [3.8, 4) is 11.1 Å². The fraction of sp³-hybridized carbons (Fsp3) is 0.345. The molecule has 6 rings (SSSR count). The van der Waals surface area contributed by atoms with Gasteiger partial charge >= 0.3 is 0 Å². The van der Waals surface area contributed by atoms with E-state index < -0.39 is 0 Å². The van der Waals surface area contributed by atoms with E-state index in [0.717, 1.165) is 48.2 Å². The van der Waals surface area contributed by atoms with Gasteiger partial charge in [0.1, 0.15) is 11.3 Å². The van der Waals surface area contributed by atoms with E-state index in [-0.39, 0.29) is 5.91 Å². The van der Waals surface area contributed by atoms with Gasteiger partial charge in [0.05, 0.1) is 0 Å². The van der Waals surface area contributed by atoms with E-state index in [2.05, 4.69) is 58.9 Å². The number of fused-ring (bicyclic) bond motifs is 1. The lowest BCUT2D eigenvalue weighted by Gasteiger charge is -2.35. The Hall–Kier alpha value is -3.47. The monoisotopic (exact) mass is 450 g/mol. The summed E-state index contributed by atoms with van der Waals surface area (Å²) in [6.45, 7) is 3.62. The van der Waals surface area contributed by atoms with Crippen molar-refractivity contribution < 1.29 is 4.79 Å². The largest absolute Gasteiger partial charge is 0.338 e. The van der Waals surface area contributed by atoms with Gasteiger partial charge < -0.3 is 9.47 Å². The van der Waals surface area contributed by atoms with E-state index in [0.29, 0.717) is 12.0 Å². The van der Waals surface area contributed by atoms with Crippen LogP contribution in [0.25, 0.3) is 22.3 Å². The maximum atomic E-state index is 13.2. The van der Waals surface area contributed by atoms with Crippen molar-refractivity contribution in [2.75, 3.05) is 13.1 Å². The highest BCUT2D eigenvalue weighted by Gasteiger charge is 2.32. The second-order valence-electron chi connectivity index (χ2n) is 9.78. The summed E-state index contributed by atoms with van der Waals surface area (Å²) in [5, 5.41) is 0. The Morgan fingerprint density at radius 1 is 0.882 bits per heavy atom. The molecule has 0 spiro atoms. The van der Waals surface area contributed by atoms with Crippen LogP contribution in [-0.4, -0.2) is 38.4 Å². The Morgan fingerprint density at radius 3 is 2.21 bits per heavy atom. The summed E-state index contributed by atoms with van der Waals surface area (Å²) in [7, 11) is 0. The van der Waals surface area contributed by atoms with Crippen LogP contribution in [0.5, 0.6) is 0 Å². The number of hydrogen-bond donors (Lipinski definition) is 0. The zero-order valence-electron chi connectivity index (χ0n) is 19.7. The van der Waals surface area contributed by atoms with Crippen molar-refractivity contribution in [1.29, 1.82) is 0 Å². The van der Waals surface area contributed by atoms with Gasteiger partial charge in [0.2, 0.25) is 0 Å². The number of piperidine rings is 1. The van der Waals surface area contributed by atoms with Crippen LogP contribution in [0, 0.1) is 6.92 Å². The molecule has 2 aliphatic rings. The Morgan fingerprint density at radius 2 is 1.56 bits per heavy atom. The van der Waals surface area contributed by atoms with Gasteiger partial charge in [-0.15, -0.1) is 0 Å². The molecule has 0 atom stereocenters. The van der Waals surface area contributed by atoms with Gasteiger partial charge in [-0.3, -0.25) is 4.79 Å². The quantitative estimate of drug-likeness (QED) is 0.375. The number of pyridine rings is 1. The topological polar surface area (TPSA) is 51.0 Å². The molecule has 1 saturated carbocycles. The van der Waals surface area contributed by atoms with Gasteiger partial charge in [0.25, 0.3) is 5.91 Å². The fourth-order valence-corrected chi connectivity index (χ4v) is 5.32. The summed E-state index contributed by atoms with van der Waals surface area (Å²) < 4.78 is 2.40. The van der Waals surface area contributed by atoms with Crippen LogP contribution < -0.4 is 0 Å². The lowest BCUT2D eigenvalue weighted by molar-refractivity contribution is 0.0694. The number of aryl methyl sites for hydroxylation is 1. The number of rotatable bonds is 4. The van der Waals surface area contributed by atoms with E-state index in [1.807, 2.05) is 29.3 Å². The minimum Gasteiger partial charge on any atom is -0.338 e. The van der Waals surface area contributed by atoms with Crippen molar-refractivity contribution in [2.45, 2.75) is 51.0 Å². The van der Waals surface area contributed by atoms with Crippen molar-refractivity contribution >= 4 is 17.1 Å². The Kier molecular flexibility index (Phi) is 5.40. The smallest absolute Gasteiger partial charge is 0.253 e. The Bertz CT molecular complexity index is 1310. The van der Waals surface area contributed by atoms with E-state index in [1.165, 1.54) is 36.2 Å². The van der Waals surface area contributed by atoms with Gasteiger partial charge in [0, 0.05) is 36.8 Å². The number of amides is 1. The summed E-state index contributed by atoms with van der Waals surface area (Å²) >= 11 is 0. The minimum absolute atomic E-state index is 0.127. The van der Waals surface area contributed by atoms with Crippen molar-refractivity contribution in [2.24, 2.45) is 0 Å². The maximum absolute atomic E-state index is 13.2. The summed E-state index contributed by atoms with van der Waals surface area (Å²) in [5.41, 5.74) is 6.32. The van der Waals surface area contributed by atoms with E-state index >= 15 is 0 Å². The average molecular weight is 451 g/mol. The first kappa shape index (κ1) is 21.1. The van der Waals surface area contributed by atoms with Crippen LogP contribution in [0.3, 0.4) is 0 Å². The average Bonchev–Trinajstić information content (AvgIpc) is 3.22. The second kappa shape index (κ2) is 8.71. The molecule has 5 nitrogen and oxygen atoms in total. The maximum Gasteiger partial charge on any atom is 0.253 e. The number of imidazole rings is 1. The molecule has 1 saturated heterocycles. The van der Waals surface area contributed by atoms with Crippen LogP contribution in [-0.2, 0) is 0 Å². The normalized spacial score (nSPS) is 17.1. The molecule has 1 amide bonds. The van der Waals surface area contributed by atoms with Crippen LogP contribution in [0.2, 0.25) is 0 Å². The number of hydrogen-bond acceptors (Lipinski definition) is 3. The van der Waals surface area contributed by atoms with Crippen molar-refractivity contribution in [1.82, 2.24) is 19.4 Å². The molecular weight excluding hydrogens is 420 g/mol. The van der Waals surface area contributed by atoms with Gasteiger partial charge in [-0.05, 0) is 68.0 Å². The molecule has 2 fully saturated rings. The zero-order valence-corrected chi connectivity index (χ0v) is 19.7. The highest BCUT2D eigenvalue weighted by atomic mass is 16.2. The number of benzene rings is 2. The molecular formula is C29H30N4O. The molecule has 2 aromatic carbocycles. The number of carbonyl (C=O) groups excluding carboxylic acids is 1. The molecule has 5 heteroatoms. The molecule has 4 aromatic rings.